The van der Waals surface area contributed by atoms with Gasteiger partial charge in [0.1, 0.15) is 12.4 Å². The van der Waals surface area contributed by atoms with Crippen molar-refractivity contribution < 1.29 is 19.1 Å². The molecule has 6 heteroatoms. The molecule has 5 rings (SSSR count). The van der Waals surface area contributed by atoms with Gasteiger partial charge in [0.05, 0.1) is 6.61 Å². The maximum Gasteiger partial charge on any atom is 0.162 e. The van der Waals surface area contributed by atoms with Crippen LogP contribution in [0.25, 0.3) is 0 Å². The lowest BCUT2D eigenvalue weighted by Crippen LogP contribution is -2.45. The van der Waals surface area contributed by atoms with Crippen molar-refractivity contribution in [1.29, 1.82) is 0 Å². The van der Waals surface area contributed by atoms with Crippen LogP contribution in [0.15, 0.2) is 69.5 Å². The van der Waals surface area contributed by atoms with Crippen LogP contribution in [-0.4, -0.2) is 36.7 Å². The number of Topliss-reactive ketones (excluding diaryl/α,β-unsaturated/α-hetero) is 2. The van der Waals surface area contributed by atoms with Crippen LogP contribution in [0, 0.1) is 17.8 Å². The topological polar surface area (TPSA) is 55.8 Å². The van der Waals surface area contributed by atoms with Crippen LogP contribution in [0.2, 0.25) is 0 Å². The van der Waals surface area contributed by atoms with Gasteiger partial charge in [-0.25, -0.2) is 0 Å². The molecule has 0 radical (unpaired) electrons. The summed E-state index contributed by atoms with van der Waals surface area (Å²) in [5, 5.41) is 0. The van der Waals surface area contributed by atoms with Gasteiger partial charge in [0.15, 0.2) is 11.6 Å². The Morgan fingerprint density at radius 2 is 1.45 bits per heavy atom. The monoisotopic (exact) mass is 605 g/mol. The zero-order valence-corrected chi connectivity index (χ0v) is 26.1. The summed E-state index contributed by atoms with van der Waals surface area (Å²) in [6.45, 7) is 12.2. The number of nitrogens with zero attached hydrogens (tertiary/aromatic N) is 1. The summed E-state index contributed by atoms with van der Waals surface area (Å²) in [6.07, 6.45) is 2.45. The molecule has 0 spiro atoms. The van der Waals surface area contributed by atoms with Gasteiger partial charge in [-0.3, -0.25) is 9.59 Å². The predicted octanol–water partition coefficient (Wildman–Crippen LogP) is 7.67. The second-order valence-electron chi connectivity index (χ2n) is 13.1. The van der Waals surface area contributed by atoms with E-state index in [9.17, 15) is 9.59 Å². The molecule has 1 heterocycles. The van der Waals surface area contributed by atoms with E-state index in [1.807, 2.05) is 18.2 Å². The fourth-order valence-electron chi connectivity index (χ4n) is 6.53. The van der Waals surface area contributed by atoms with E-state index in [2.05, 4.69) is 79.7 Å². The third-order valence-corrected chi connectivity index (χ3v) is 8.83. The van der Waals surface area contributed by atoms with Gasteiger partial charge >= 0.3 is 0 Å². The Labute approximate surface area is 246 Å². The number of halogens is 1. The molecule has 0 fully saturated rings. The number of ketones is 2. The maximum atomic E-state index is 14.1. The fourth-order valence-corrected chi connectivity index (χ4v) is 6.91. The molecule has 0 amide bonds. The number of carbonyl (C=O) groups excluding carboxylic acids is 2. The number of hydrogen-bond acceptors (Lipinski definition) is 5. The second kappa shape index (κ2) is 10.9. The van der Waals surface area contributed by atoms with Gasteiger partial charge in [-0.1, -0.05) is 73.5 Å². The number of methoxy groups -OCH3 is 1. The van der Waals surface area contributed by atoms with E-state index >= 15 is 0 Å². The van der Waals surface area contributed by atoms with Crippen molar-refractivity contribution in [3.63, 3.8) is 0 Å². The third kappa shape index (κ3) is 5.71. The van der Waals surface area contributed by atoms with Gasteiger partial charge in [0, 0.05) is 65.0 Å². The highest BCUT2D eigenvalue weighted by atomic mass is 79.9. The third-order valence-electron chi connectivity index (χ3n) is 8.34. The zero-order chi connectivity index (χ0) is 28.8. The lowest BCUT2D eigenvalue weighted by atomic mass is 9.63. The minimum Gasteiger partial charge on any atom is -0.489 e. The molecule has 0 saturated carbocycles. The quantitative estimate of drug-likeness (QED) is 0.324. The van der Waals surface area contributed by atoms with Crippen molar-refractivity contribution in [2.24, 2.45) is 10.8 Å². The second-order valence-corrected chi connectivity index (χ2v) is 14.1. The minimum absolute atomic E-state index is 0.118. The van der Waals surface area contributed by atoms with E-state index in [1.165, 1.54) is 5.56 Å². The van der Waals surface area contributed by atoms with Crippen LogP contribution in [0.4, 0.5) is 0 Å². The van der Waals surface area contributed by atoms with Crippen molar-refractivity contribution >= 4 is 27.5 Å². The van der Waals surface area contributed by atoms with Gasteiger partial charge in [-0.05, 0) is 54.4 Å². The van der Waals surface area contributed by atoms with Gasteiger partial charge in [0.25, 0.3) is 0 Å². The number of rotatable bonds is 7. The Morgan fingerprint density at radius 1 is 0.875 bits per heavy atom. The molecule has 2 aromatic carbocycles. The highest BCUT2D eigenvalue weighted by Gasteiger charge is 2.49. The molecule has 2 aliphatic carbocycles. The Kier molecular flexibility index (Phi) is 7.88. The van der Waals surface area contributed by atoms with Crippen LogP contribution in [0.1, 0.15) is 76.0 Å². The summed E-state index contributed by atoms with van der Waals surface area (Å²) in [5.41, 5.74) is 6.38. The molecule has 0 atom stereocenters. The Balaban J connectivity index is 1.69. The van der Waals surface area contributed by atoms with Crippen LogP contribution >= 0.6 is 15.9 Å². The van der Waals surface area contributed by atoms with E-state index in [4.69, 9.17) is 9.47 Å². The maximum absolute atomic E-state index is 14.1. The largest absolute Gasteiger partial charge is 0.489 e. The molecule has 0 saturated heterocycles. The van der Waals surface area contributed by atoms with Crippen LogP contribution in [-0.2, 0) is 20.9 Å². The van der Waals surface area contributed by atoms with Crippen LogP contribution < -0.4 is 4.74 Å². The average molecular weight is 607 g/mol. The van der Waals surface area contributed by atoms with Crippen molar-refractivity contribution in [2.75, 3.05) is 20.3 Å². The standard InChI is InChI=1S/C34H40BrNO4/c1-21-7-9-22(10-8-21)20-40-29-12-11-23(35)15-24(29)30-31-25(16-33(2,3)18-27(31)37)36(13-14-39-6)26-17-34(4,5)19-28(38)32(26)30/h7-12,15,30H,13-14,16-20H2,1-6H3. The van der Waals surface area contributed by atoms with E-state index < -0.39 is 5.92 Å². The highest BCUT2D eigenvalue weighted by molar-refractivity contribution is 9.10. The van der Waals surface area contributed by atoms with Crippen LogP contribution in [0.5, 0.6) is 5.75 Å². The van der Waals surface area contributed by atoms with E-state index in [0.717, 1.165) is 51.0 Å². The summed E-state index contributed by atoms with van der Waals surface area (Å²) in [4.78, 5) is 30.4. The first-order chi connectivity index (χ1) is 18.9. The Hall–Kier alpha value is -2.70. The molecule has 1 aliphatic heterocycles. The molecule has 0 unspecified atom stereocenters. The van der Waals surface area contributed by atoms with Crippen molar-refractivity contribution in [1.82, 2.24) is 4.90 Å². The number of ether oxygens (including phenoxy) is 2. The molecule has 0 aromatic heterocycles. The molecule has 5 nitrogen and oxygen atoms in total. The predicted molar refractivity (Wildman–Crippen MR) is 161 cm³/mol. The Morgan fingerprint density at radius 3 is 2.00 bits per heavy atom. The first-order valence-electron chi connectivity index (χ1n) is 14.2. The summed E-state index contributed by atoms with van der Waals surface area (Å²) < 4.78 is 12.9. The lowest BCUT2D eigenvalue weighted by Gasteiger charge is -2.49. The molecular weight excluding hydrogens is 566 g/mol. The molecule has 212 valence electrons. The summed E-state index contributed by atoms with van der Waals surface area (Å²) in [7, 11) is 1.70. The number of aryl methyl sites for hydroxylation is 1. The number of allylic oxidation sites excluding steroid dienone is 4. The van der Waals surface area contributed by atoms with E-state index in [1.54, 1.807) is 7.11 Å². The van der Waals surface area contributed by atoms with Crippen LogP contribution in [0.3, 0.4) is 0 Å². The first kappa shape index (κ1) is 28.8. The van der Waals surface area contributed by atoms with E-state index in [-0.39, 0.29) is 22.4 Å². The molecule has 0 N–H and O–H groups in total. The fraction of sp³-hybridized carbons (Fsp3) is 0.471. The number of carbonyl (C=O) groups is 2. The van der Waals surface area contributed by atoms with Gasteiger partial charge in [-0.15, -0.1) is 0 Å². The lowest BCUT2D eigenvalue weighted by molar-refractivity contribution is -0.119. The normalized spacial score (nSPS) is 20.5. The van der Waals surface area contributed by atoms with Gasteiger partial charge in [-0.2, -0.15) is 0 Å². The summed E-state index contributed by atoms with van der Waals surface area (Å²) in [6, 6.07) is 14.3. The molecular formula is C34H40BrNO4. The first-order valence-corrected chi connectivity index (χ1v) is 15.0. The number of hydrogen-bond donors (Lipinski definition) is 0. The SMILES string of the molecule is COCCN1C2=C(C(=O)CC(C)(C)C2)C(c2cc(Br)ccc2OCc2ccc(C)cc2)C2=C1CC(C)(C)CC2=O. The van der Waals surface area contributed by atoms with Crippen molar-refractivity contribution in [3.05, 3.63) is 86.2 Å². The van der Waals surface area contributed by atoms with Crippen molar-refractivity contribution in [3.8, 4) is 5.75 Å². The number of benzene rings is 2. The molecule has 3 aliphatic rings. The van der Waals surface area contributed by atoms with Gasteiger partial charge in [0.2, 0.25) is 0 Å². The average Bonchev–Trinajstić information content (AvgIpc) is 2.86. The molecule has 40 heavy (non-hydrogen) atoms. The Bertz CT molecular complexity index is 1350. The summed E-state index contributed by atoms with van der Waals surface area (Å²) in [5.74, 6) is 0.481. The van der Waals surface area contributed by atoms with Gasteiger partial charge < -0.3 is 14.4 Å². The summed E-state index contributed by atoms with van der Waals surface area (Å²) >= 11 is 3.67. The zero-order valence-electron chi connectivity index (χ0n) is 24.5. The highest BCUT2D eigenvalue weighted by Crippen LogP contribution is 2.55. The minimum atomic E-state index is -0.457. The molecule has 2 aromatic rings. The molecule has 0 bridgehead atoms. The van der Waals surface area contributed by atoms with Crippen molar-refractivity contribution in [2.45, 2.75) is 72.8 Å². The smallest absolute Gasteiger partial charge is 0.162 e. The van der Waals surface area contributed by atoms with E-state index in [0.29, 0.717) is 38.3 Å².